The van der Waals surface area contributed by atoms with Gasteiger partial charge in [0.25, 0.3) is 5.91 Å². The number of anilines is 2. The van der Waals surface area contributed by atoms with Crippen LogP contribution in [-0.4, -0.2) is 62.7 Å². The molecule has 2 saturated heterocycles. The molecule has 2 heterocycles. The fourth-order valence-corrected chi connectivity index (χ4v) is 3.57. The van der Waals surface area contributed by atoms with E-state index < -0.39 is 17.8 Å². The summed E-state index contributed by atoms with van der Waals surface area (Å²) in [5.74, 6) is -0.463. The molecule has 0 aromatic heterocycles. The topological polar surface area (TPSA) is 100 Å². The van der Waals surface area contributed by atoms with Crippen LogP contribution in [-0.2, 0) is 14.3 Å². The molecule has 166 valence electrons. The fraction of sp³-hybridized carbons (Fsp3) is 0.261. The molecule has 0 atom stereocenters. The zero-order valence-electron chi connectivity index (χ0n) is 17.7. The van der Waals surface area contributed by atoms with Crippen molar-refractivity contribution in [2.75, 3.05) is 50.2 Å². The largest absolute Gasteiger partial charge is 0.496 e. The predicted molar refractivity (Wildman–Crippen MR) is 119 cm³/mol. The highest BCUT2D eigenvalue weighted by Crippen LogP contribution is 2.28. The molecule has 0 aliphatic carbocycles. The van der Waals surface area contributed by atoms with Gasteiger partial charge in [-0.15, -0.1) is 0 Å². The minimum absolute atomic E-state index is 0.0833. The molecule has 2 aromatic rings. The van der Waals surface area contributed by atoms with Crippen LogP contribution in [0.2, 0.25) is 0 Å². The van der Waals surface area contributed by atoms with Crippen molar-refractivity contribution in [3.63, 3.8) is 0 Å². The van der Waals surface area contributed by atoms with Gasteiger partial charge in [0.05, 0.1) is 20.3 Å². The summed E-state index contributed by atoms with van der Waals surface area (Å²) in [4.78, 5) is 40.4. The Hall–Kier alpha value is -3.85. The third-order valence-corrected chi connectivity index (χ3v) is 5.21. The van der Waals surface area contributed by atoms with Crippen LogP contribution in [0.3, 0.4) is 0 Å². The number of carbonyl (C=O) groups is 3. The smallest absolute Gasteiger partial charge is 0.329 e. The van der Waals surface area contributed by atoms with Crippen molar-refractivity contribution < 1.29 is 23.9 Å². The molecule has 0 spiro atoms. The number of hydrogen-bond acceptors (Lipinski definition) is 6. The molecule has 2 N–H and O–H groups in total. The Morgan fingerprint density at radius 1 is 1.16 bits per heavy atom. The van der Waals surface area contributed by atoms with Gasteiger partial charge in [-0.2, -0.15) is 0 Å². The van der Waals surface area contributed by atoms with Crippen molar-refractivity contribution in [1.82, 2.24) is 10.2 Å². The maximum absolute atomic E-state index is 12.8. The molecule has 4 rings (SSSR count). The monoisotopic (exact) mass is 436 g/mol. The van der Waals surface area contributed by atoms with Gasteiger partial charge in [0, 0.05) is 36.1 Å². The van der Waals surface area contributed by atoms with Crippen LogP contribution in [0.25, 0.3) is 6.08 Å². The Morgan fingerprint density at radius 3 is 2.62 bits per heavy atom. The lowest BCUT2D eigenvalue weighted by Gasteiger charge is -2.29. The van der Waals surface area contributed by atoms with Crippen molar-refractivity contribution in [3.8, 4) is 5.75 Å². The highest BCUT2D eigenvalue weighted by Gasteiger charge is 2.35. The molecule has 2 aliphatic heterocycles. The summed E-state index contributed by atoms with van der Waals surface area (Å²) >= 11 is 0. The number of imide groups is 1. The summed E-state index contributed by atoms with van der Waals surface area (Å²) in [6, 6.07) is 13.9. The third kappa shape index (κ3) is 4.73. The van der Waals surface area contributed by atoms with Crippen molar-refractivity contribution >= 4 is 35.3 Å². The van der Waals surface area contributed by atoms with E-state index in [1.54, 1.807) is 37.5 Å². The number of para-hydroxylation sites is 1. The first kappa shape index (κ1) is 21.4. The molecular formula is C23H24N4O5. The van der Waals surface area contributed by atoms with E-state index in [1.807, 2.05) is 24.3 Å². The number of hydrogen-bond donors (Lipinski definition) is 2. The van der Waals surface area contributed by atoms with Gasteiger partial charge in [-0.25, -0.2) is 9.69 Å². The Kier molecular flexibility index (Phi) is 6.37. The van der Waals surface area contributed by atoms with Crippen molar-refractivity contribution in [3.05, 3.63) is 59.8 Å². The Morgan fingerprint density at radius 2 is 1.91 bits per heavy atom. The van der Waals surface area contributed by atoms with E-state index >= 15 is 0 Å². The second kappa shape index (κ2) is 9.52. The maximum atomic E-state index is 12.8. The number of urea groups is 1. The number of benzene rings is 2. The van der Waals surface area contributed by atoms with Gasteiger partial charge in [0.15, 0.2) is 0 Å². The summed E-state index contributed by atoms with van der Waals surface area (Å²) in [6.45, 7) is 2.53. The minimum atomic E-state index is -0.645. The van der Waals surface area contributed by atoms with Gasteiger partial charge >= 0.3 is 6.03 Å². The van der Waals surface area contributed by atoms with Crippen molar-refractivity contribution in [1.29, 1.82) is 0 Å². The van der Waals surface area contributed by atoms with Crippen LogP contribution in [0.5, 0.6) is 5.75 Å². The van der Waals surface area contributed by atoms with E-state index in [4.69, 9.17) is 9.47 Å². The molecule has 9 heteroatoms. The standard InChI is InChI=1S/C23H24N4O5/c1-31-20-14-18(26-9-11-32-12-10-26)8-7-16(20)13-19-22(29)27(23(30)25-19)15-21(28)24-17-5-3-2-4-6-17/h2-8,13-14H,9-12,15H2,1H3,(H,24,28)(H,25,30)/b19-13-. The number of methoxy groups -OCH3 is 1. The van der Waals surface area contributed by atoms with E-state index in [0.29, 0.717) is 30.2 Å². The third-order valence-electron chi connectivity index (χ3n) is 5.21. The number of nitrogens with one attached hydrogen (secondary N) is 2. The number of nitrogens with zero attached hydrogens (tertiary/aromatic N) is 2. The van der Waals surface area contributed by atoms with Gasteiger partial charge in [-0.05, 0) is 30.3 Å². The van der Waals surface area contributed by atoms with Gasteiger partial charge < -0.3 is 25.0 Å². The Balaban J connectivity index is 1.47. The number of amides is 4. The molecule has 2 fully saturated rings. The second-order valence-electron chi connectivity index (χ2n) is 7.32. The number of morpholine rings is 1. The molecule has 0 saturated carbocycles. The summed E-state index contributed by atoms with van der Waals surface area (Å²) in [7, 11) is 1.55. The summed E-state index contributed by atoms with van der Waals surface area (Å²) < 4.78 is 10.9. The zero-order chi connectivity index (χ0) is 22.5. The number of rotatable bonds is 6. The molecule has 0 radical (unpaired) electrons. The summed E-state index contributed by atoms with van der Waals surface area (Å²) in [5.41, 5.74) is 2.31. The molecule has 9 nitrogen and oxygen atoms in total. The maximum Gasteiger partial charge on any atom is 0.329 e. The summed E-state index contributed by atoms with van der Waals surface area (Å²) in [5, 5.41) is 5.20. The average Bonchev–Trinajstić information content (AvgIpc) is 3.07. The lowest BCUT2D eigenvalue weighted by Crippen LogP contribution is -2.38. The molecule has 0 unspecified atom stereocenters. The zero-order valence-corrected chi connectivity index (χ0v) is 17.7. The first-order valence-electron chi connectivity index (χ1n) is 10.3. The highest BCUT2D eigenvalue weighted by atomic mass is 16.5. The molecular weight excluding hydrogens is 412 g/mol. The highest BCUT2D eigenvalue weighted by molar-refractivity contribution is 6.16. The van der Waals surface area contributed by atoms with Crippen LogP contribution < -0.4 is 20.3 Å². The number of carbonyl (C=O) groups excluding carboxylic acids is 3. The lowest BCUT2D eigenvalue weighted by molar-refractivity contribution is -0.127. The first-order valence-corrected chi connectivity index (χ1v) is 10.3. The minimum Gasteiger partial charge on any atom is -0.496 e. The normalized spacial score (nSPS) is 17.5. The van der Waals surface area contributed by atoms with E-state index in [1.165, 1.54) is 0 Å². The Labute approximate surface area is 185 Å². The van der Waals surface area contributed by atoms with Crippen LogP contribution >= 0.6 is 0 Å². The SMILES string of the molecule is COc1cc(N2CCOCC2)ccc1/C=C1\NC(=O)N(CC(=O)Nc2ccccc2)C1=O. The van der Waals surface area contributed by atoms with Crippen molar-refractivity contribution in [2.45, 2.75) is 0 Å². The van der Waals surface area contributed by atoms with Crippen LogP contribution in [0, 0.1) is 0 Å². The molecule has 2 aliphatic rings. The van der Waals surface area contributed by atoms with E-state index in [9.17, 15) is 14.4 Å². The molecule has 0 bridgehead atoms. The quantitative estimate of drug-likeness (QED) is 0.531. The predicted octanol–water partition coefficient (Wildman–Crippen LogP) is 2.06. The van der Waals surface area contributed by atoms with Crippen molar-refractivity contribution in [2.24, 2.45) is 0 Å². The second-order valence-corrected chi connectivity index (χ2v) is 7.32. The molecule has 32 heavy (non-hydrogen) atoms. The van der Waals surface area contributed by atoms with Gasteiger partial charge in [-0.3, -0.25) is 9.59 Å². The van der Waals surface area contributed by atoms with E-state index in [-0.39, 0.29) is 12.2 Å². The molecule has 4 amide bonds. The van der Waals surface area contributed by atoms with E-state index in [0.717, 1.165) is 23.7 Å². The van der Waals surface area contributed by atoms with Gasteiger partial charge in [0.1, 0.15) is 18.0 Å². The van der Waals surface area contributed by atoms with Gasteiger partial charge in [0.2, 0.25) is 5.91 Å². The average molecular weight is 436 g/mol. The summed E-state index contributed by atoms with van der Waals surface area (Å²) in [6.07, 6.45) is 1.55. The Bertz CT molecular complexity index is 1050. The van der Waals surface area contributed by atoms with Crippen LogP contribution in [0.15, 0.2) is 54.2 Å². The lowest BCUT2D eigenvalue weighted by atomic mass is 10.1. The van der Waals surface area contributed by atoms with Crippen LogP contribution in [0.4, 0.5) is 16.2 Å². The first-order chi connectivity index (χ1) is 15.5. The number of ether oxygens (including phenoxy) is 2. The molecule has 2 aromatic carbocycles. The van der Waals surface area contributed by atoms with Crippen LogP contribution in [0.1, 0.15) is 5.56 Å². The van der Waals surface area contributed by atoms with Gasteiger partial charge in [-0.1, -0.05) is 18.2 Å². The fourth-order valence-electron chi connectivity index (χ4n) is 3.57. The van der Waals surface area contributed by atoms with E-state index in [2.05, 4.69) is 15.5 Å².